The van der Waals surface area contributed by atoms with E-state index in [1.807, 2.05) is 0 Å². The predicted molar refractivity (Wildman–Crippen MR) is 87.3 cm³/mol. The van der Waals surface area contributed by atoms with Gasteiger partial charge >= 0.3 is 5.97 Å². The maximum Gasteiger partial charge on any atom is 0.325 e. The average molecular weight is 301 g/mol. The molecule has 1 atom stereocenters. The van der Waals surface area contributed by atoms with E-state index in [1.165, 1.54) is 32.1 Å². The Kier molecular flexibility index (Phi) is 12.7. The van der Waals surface area contributed by atoms with Crippen LogP contribution in [0.1, 0.15) is 78.6 Å². The summed E-state index contributed by atoms with van der Waals surface area (Å²) in [4.78, 5) is 11.6. The van der Waals surface area contributed by atoms with Gasteiger partial charge in [0, 0.05) is 13.2 Å². The van der Waals surface area contributed by atoms with Gasteiger partial charge in [0.2, 0.25) is 0 Å². The summed E-state index contributed by atoms with van der Waals surface area (Å²) in [7, 11) is 0. The summed E-state index contributed by atoms with van der Waals surface area (Å²) in [6.45, 7) is 7.76. The molecule has 0 radical (unpaired) electrons. The zero-order valence-electron chi connectivity index (χ0n) is 14.3. The zero-order chi connectivity index (χ0) is 16.0. The van der Waals surface area contributed by atoms with Gasteiger partial charge in [-0.05, 0) is 39.5 Å². The SMILES string of the molecule is CCCCCCCCOCCCCC(C)(N)C(=O)OCC. The number of rotatable bonds is 14. The third-order valence-corrected chi connectivity index (χ3v) is 3.62. The summed E-state index contributed by atoms with van der Waals surface area (Å²) in [6.07, 6.45) is 10.2. The lowest BCUT2D eigenvalue weighted by molar-refractivity contribution is -0.149. The molecule has 0 spiro atoms. The van der Waals surface area contributed by atoms with Crippen molar-refractivity contribution in [2.24, 2.45) is 5.73 Å². The van der Waals surface area contributed by atoms with Gasteiger partial charge in [0.05, 0.1) is 6.61 Å². The van der Waals surface area contributed by atoms with E-state index in [2.05, 4.69) is 6.92 Å². The molecule has 0 heterocycles. The number of hydrogen-bond acceptors (Lipinski definition) is 4. The number of nitrogens with two attached hydrogens (primary N) is 1. The molecule has 126 valence electrons. The highest BCUT2D eigenvalue weighted by molar-refractivity contribution is 5.79. The number of ether oxygens (including phenoxy) is 2. The molecular formula is C17H35NO3. The topological polar surface area (TPSA) is 61.5 Å². The largest absolute Gasteiger partial charge is 0.465 e. The molecule has 0 rings (SSSR count). The van der Waals surface area contributed by atoms with Crippen LogP contribution in [0.4, 0.5) is 0 Å². The van der Waals surface area contributed by atoms with Crippen LogP contribution >= 0.6 is 0 Å². The van der Waals surface area contributed by atoms with E-state index in [4.69, 9.17) is 15.2 Å². The minimum atomic E-state index is -0.866. The molecule has 4 nitrogen and oxygen atoms in total. The van der Waals surface area contributed by atoms with Crippen LogP contribution in [0.25, 0.3) is 0 Å². The van der Waals surface area contributed by atoms with Crippen molar-refractivity contribution in [1.82, 2.24) is 0 Å². The minimum absolute atomic E-state index is 0.307. The first kappa shape index (κ1) is 20.4. The van der Waals surface area contributed by atoms with Gasteiger partial charge in [-0.25, -0.2) is 0 Å². The predicted octanol–water partition coefficient (Wildman–Crippen LogP) is 3.81. The molecule has 0 saturated carbocycles. The summed E-state index contributed by atoms with van der Waals surface area (Å²) >= 11 is 0. The average Bonchev–Trinajstić information content (AvgIpc) is 2.45. The molecule has 0 amide bonds. The third-order valence-electron chi connectivity index (χ3n) is 3.62. The highest BCUT2D eigenvalue weighted by Gasteiger charge is 2.28. The quantitative estimate of drug-likeness (QED) is 0.391. The molecule has 0 aliphatic rings. The van der Waals surface area contributed by atoms with Crippen molar-refractivity contribution in [2.45, 2.75) is 84.1 Å². The smallest absolute Gasteiger partial charge is 0.325 e. The molecule has 0 bridgehead atoms. The van der Waals surface area contributed by atoms with Crippen molar-refractivity contribution in [1.29, 1.82) is 0 Å². The maximum atomic E-state index is 11.6. The van der Waals surface area contributed by atoms with Gasteiger partial charge in [-0.15, -0.1) is 0 Å². The Bertz CT molecular complexity index is 254. The molecule has 4 heteroatoms. The number of carbonyl (C=O) groups excluding carboxylic acids is 1. The Labute approximate surface area is 130 Å². The van der Waals surface area contributed by atoms with Crippen LogP contribution in [0.5, 0.6) is 0 Å². The summed E-state index contributed by atoms with van der Waals surface area (Å²) in [6, 6.07) is 0. The Morgan fingerprint density at radius 2 is 1.52 bits per heavy atom. The van der Waals surface area contributed by atoms with Crippen molar-refractivity contribution in [3.05, 3.63) is 0 Å². The minimum Gasteiger partial charge on any atom is -0.465 e. The fourth-order valence-corrected chi connectivity index (χ4v) is 2.18. The summed E-state index contributed by atoms with van der Waals surface area (Å²) in [5.41, 5.74) is 5.09. The summed E-state index contributed by atoms with van der Waals surface area (Å²) in [5.74, 6) is -0.307. The van der Waals surface area contributed by atoms with E-state index in [9.17, 15) is 4.79 Å². The summed E-state index contributed by atoms with van der Waals surface area (Å²) < 4.78 is 10.6. The normalized spacial score (nSPS) is 13.9. The second kappa shape index (κ2) is 13.1. The van der Waals surface area contributed by atoms with Gasteiger partial charge in [-0.2, -0.15) is 0 Å². The summed E-state index contributed by atoms with van der Waals surface area (Å²) in [5, 5.41) is 0. The third kappa shape index (κ3) is 11.7. The van der Waals surface area contributed by atoms with Crippen molar-refractivity contribution >= 4 is 5.97 Å². The molecule has 0 aliphatic carbocycles. The number of unbranched alkanes of at least 4 members (excludes halogenated alkanes) is 6. The van der Waals surface area contributed by atoms with Gasteiger partial charge in [-0.1, -0.05) is 39.0 Å². The molecule has 1 unspecified atom stereocenters. The Morgan fingerprint density at radius 1 is 0.952 bits per heavy atom. The standard InChI is InChI=1S/C17H35NO3/c1-4-6-7-8-9-11-14-20-15-12-10-13-17(3,18)16(19)21-5-2/h4-15,18H2,1-3H3. The van der Waals surface area contributed by atoms with Gasteiger partial charge in [0.1, 0.15) is 5.54 Å². The molecule has 0 aromatic rings. The van der Waals surface area contributed by atoms with Crippen LogP contribution < -0.4 is 5.73 Å². The molecule has 21 heavy (non-hydrogen) atoms. The second-order valence-corrected chi connectivity index (χ2v) is 5.98. The highest BCUT2D eigenvalue weighted by atomic mass is 16.5. The number of esters is 1. The number of carbonyl (C=O) groups is 1. The first-order valence-electron chi connectivity index (χ1n) is 8.58. The van der Waals surface area contributed by atoms with Gasteiger partial charge in [-0.3, -0.25) is 4.79 Å². The first-order valence-corrected chi connectivity index (χ1v) is 8.58. The van der Waals surface area contributed by atoms with Crippen molar-refractivity contribution in [3.63, 3.8) is 0 Å². The highest BCUT2D eigenvalue weighted by Crippen LogP contribution is 2.13. The van der Waals surface area contributed by atoms with Crippen LogP contribution in [0, 0.1) is 0 Å². The lowest BCUT2D eigenvalue weighted by atomic mass is 9.96. The molecule has 0 saturated heterocycles. The van der Waals surface area contributed by atoms with Gasteiger partial charge in [0.25, 0.3) is 0 Å². The van der Waals surface area contributed by atoms with E-state index in [-0.39, 0.29) is 5.97 Å². The van der Waals surface area contributed by atoms with Crippen LogP contribution in [0.2, 0.25) is 0 Å². The Morgan fingerprint density at radius 3 is 2.14 bits per heavy atom. The molecule has 0 aliphatic heterocycles. The van der Waals surface area contributed by atoms with Crippen LogP contribution in [-0.2, 0) is 14.3 Å². The van der Waals surface area contributed by atoms with E-state index < -0.39 is 5.54 Å². The van der Waals surface area contributed by atoms with Crippen LogP contribution in [0.15, 0.2) is 0 Å². The zero-order valence-corrected chi connectivity index (χ0v) is 14.3. The van der Waals surface area contributed by atoms with E-state index in [1.54, 1.807) is 13.8 Å². The van der Waals surface area contributed by atoms with Gasteiger partial charge in [0.15, 0.2) is 0 Å². The van der Waals surface area contributed by atoms with E-state index in [0.29, 0.717) is 13.0 Å². The molecule has 0 aromatic heterocycles. The monoisotopic (exact) mass is 301 g/mol. The Hall–Kier alpha value is -0.610. The molecular weight excluding hydrogens is 266 g/mol. The van der Waals surface area contributed by atoms with Crippen molar-refractivity contribution < 1.29 is 14.3 Å². The fraction of sp³-hybridized carbons (Fsp3) is 0.941. The maximum absolute atomic E-state index is 11.6. The van der Waals surface area contributed by atoms with E-state index in [0.717, 1.165) is 32.5 Å². The fourth-order valence-electron chi connectivity index (χ4n) is 2.18. The van der Waals surface area contributed by atoms with E-state index >= 15 is 0 Å². The lowest BCUT2D eigenvalue weighted by Gasteiger charge is -2.21. The van der Waals surface area contributed by atoms with Crippen molar-refractivity contribution in [2.75, 3.05) is 19.8 Å². The molecule has 0 aromatic carbocycles. The van der Waals surface area contributed by atoms with Crippen LogP contribution in [0.3, 0.4) is 0 Å². The van der Waals surface area contributed by atoms with Crippen LogP contribution in [-0.4, -0.2) is 31.3 Å². The molecule has 2 N–H and O–H groups in total. The first-order chi connectivity index (χ1) is 10.0. The van der Waals surface area contributed by atoms with Gasteiger partial charge < -0.3 is 15.2 Å². The number of hydrogen-bond donors (Lipinski definition) is 1. The second-order valence-electron chi connectivity index (χ2n) is 5.98. The van der Waals surface area contributed by atoms with Crippen molar-refractivity contribution in [3.8, 4) is 0 Å². The Balaban J connectivity index is 3.37. The lowest BCUT2D eigenvalue weighted by Crippen LogP contribution is -2.46. The molecule has 0 fully saturated rings.